The summed E-state index contributed by atoms with van der Waals surface area (Å²) in [4.78, 5) is 19.2. The molecule has 0 bridgehead atoms. The molecular weight excluding hydrogens is 432 g/mol. The molecule has 6 nitrogen and oxygen atoms in total. The normalized spacial score (nSPS) is 15.2. The fourth-order valence-electron chi connectivity index (χ4n) is 4.20. The minimum absolute atomic E-state index is 0.387. The van der Waals surface area contributed by atoms with E-state index in [1.807, 2.05) is 47.8 Å². The number of ether oxygens (including phenoxy) is 1. The molecule has 174 valence electrons. The Morgan fingerprint density at radius 2 is 2.03 bits per heavy atom. The van der Waals surface area contributed by atoms with Crippen LogP contribution in [0, 0.1) is 5.92 Å². The zero-order valence-electron chi connectivity index (χ0n) is 19.1. The quantitative estimate of drug-likeness (QED) is 0.455. The molecule has 1 saturated heterocycles. The van der Waals surface area contributed by atoms with E-state index in [-0.39, 0.29) is 0 Å². The molecule has 3 aromatic rings. The smallest absolute Gasteiger partial charge is 0.409 e. The van der Waals surface area contributed by atoms with Crippen molar-refractivity contribution in [3.05, 3.63) is 77.4 Å². The largest absolute Gasteiger partial charge is 0.420 e. The van der Waals surface area contributed by atoms with E-state index < -0.39 is 6.09 Å². The van der Waals surface area contributed by atoms with E-state index in [4.69, 9.17) is 4.74 Å². The predicted octanol–water partition coefficient (Wildman–Crippen LogP) is 5.22. The third kappa shape index (κ3) is 6.87. The Labute approximate surface area is 200 Å². The van der Waals surface area contributed by atoms with Crippen molar-refractivity contribution in [2.75, 3.05) is 18.0 Å². The summed E-state index contributed by atoms with van der Waals surface area (Å²) >= 11 is 1.52. The van der Waals surface area contributed by atoms with E-state index in [9.17, 15) is 4.79 Å². The Balaban J connectivity index is 1.40. The number of hydrogen-bond donors (Lipinski definition) is 2. The van der Waals surface area contributed by atoms with Crippen molar-refractivity contribution in [2.24, 2.45) is 5.92 Å². The summed E-state index contributed by atoms with van der Waals surface area (Å²) in [6.45, 7) is 5.52. The van der Waals surface area contributed by atoms with Gasteiger partial charge in [0.25, 0.3) is 0 Å². The van der Waals surface area contributed by atoms with Gasteiger partial charge in [-0.2, -0.15) is 0 Å². The molecule has 2 aromatic heterocycles. The van der Waals surface area contributed by atoms with Gasteiger partial charge in [-0.1, -0.05) is 30.3 Å². The molecule has 1 atom stereocenters. The third-order valence-electron chi connectivity index (χ3n) is 6.02. The van der Waals surface area contributed by atoms with E-state index in [0.717, 1.165) is 41.6 Å². The number of nitrogens with one attached hydrogen (secondary N) is 2. The molecule has 3 heterocycles. The fraction of sp³-hybridized carbons (Fsp3) is 0.385. The summed E-state index contributed by atoms with van der Waals surface area (Å²) in [7, 11) is 0. The molecule has 7 heteroatoms. The summed E-state index contributed by atoms with van der Waals surface area (Å²) < 4.78 is 5.89. The van der Waals surface area contributed by atoms with Gasteiger partial charge in [-0.05, 0) is 74.3 Å². The zero-order chi connectivity index (χ0) is 22.9. The molecule has 2 N–H and O–H groups in total. The second kappa shape index (κ2) is 11.9. The Kier molecular flexibility index (Phi) is 8.47. The monoisotopic (exact) mass is 464 g/mol. The molecule has 1 amide bonds. The molecule has 0 saturated carbocycles. The standard InChI is InChI=1S/C26H32N4O2S/c1-20(16-21-9-12-27-13-10-21)29-18-23-17-28-14-11-24(23)32-26(31)30(25-8-5-15-33-25)19-22-6-3-2-4-7-22/h2-8,11,14-15,17,20-21,27,29H,9-10,12-13,16,18-19H2,1H3. The van der Waals surface area contributed by atoms with Crippen LogP contribution < -0.4 is 20.3 Å². The number of benzene rings is 1. The number of thiophene rings is 1. The van der Waals surface area contributed by atoms with Gasteiger partial charge in [0.2, 0.25) is 0 Å². The zero-order valence-corrected chi connectivity index (χ0v) is 19.9. The van der Waals surface area contributed by atoms with Gasteiger partial charge in [-0.25, -0.2) is 4.79 Å². The van der Waals surface area contributed by atoms with Gasteiger partial charge in [-0.15, -0.1) is 11.3 Å². The summed E-state index contributed by atoms with van der Waals surface area (Å²) in [5.74, 6) is 1.31. The summed E-state index contributed by atoms with van der Waals surface area (Å²) in [6, 6.07) is 16.0. The molecule has 33 heavy (non-hydrogen) atoms. The van der Waals surface area contributed by atoms with Crippen molar-refractivity contribution >= 4 is 22.4 Å². The van der Waals surface area contributed by atoms with Gasteiger partial charge in [0, 0.05) is 30.5 Å². The lowest BCUT2D eigenvalue weighted by Gasteiger charge is -2.26. The topological polar surface area (TPSA) is 66.5 Å². The maximum Gasteiger partial charge on any atom is 0.420 e. The van der Waals surface area contributed by atoms with Crippen LogP contribution in [-0.2, 0) is 13.1 Å². The number of piperidine rings is 1. The Bertz CT molecular complexity index is 991. The van der Waals surface area contributed by atoms with Crippen LogP contribution in [0.5, 0.6) is 5.75 Å². The van der Waals surface area contributed by atoms with E-state index in [2.05, 4.69) is 22.5 Å². The first-order chi connectivity index (χ1) is 16.2. The van der Waals surface area contributed by atoms with Crippen LogP contribution in [0.3, 0.4) is 0 Å². The first kappa shape index (κ1) is 23.4. The van der Waals surface area contributed by atoms with Crippen molar-refractivity contribution in [2.45, 2.75) is 45.3 Å². The molecule has 0 radical (unpaired) electrons. The van der Waals surface area contributed by atoms with Crippen LogP contribution in [0.15, 0.2) is 66.3 Å². The molecule has 0 spiro atoms. The predicted molar refractivity (Wildman–Crippen MR) is 134 cm³/mol. The number of carbonyl (C=O) groups excluding carboxylic acids is 1. The van der Waals surface area contributed by atoms with Gasteiger partial charge in [0.1, 0.15) is 10.8 Å². The Morgan fingerprint density at radius 3 is 2.79 bits per heavy atom. The van der Waals surface area contributed by atoms with Crippen LogP contribution in [-0.4, -0.2) is 30.2 Å². The molecular formula is C26H32N4O2S. The maximum atomic E-state index is 13.2. The lowest BCUT2D eigenvalue weighted by atomic mass is 9.91. The first-order valence-corrected chi connectivity index (χ1v) is 12.5. The van der Waals surface area contributed by atoms with E-state index in [1.54, 1.807) is 23.4 Å². The highest BCUT2D eigenvalue weighted by Crippen LogP contribution is 2.26. The van der Waals surface area contributed by atoms with Crippen LogP contribution in [0.1, 0.15) is 37.3 Å². The number of nitrogens with zero attached hydrogens (tertiary/aromatic N) is 2. The molecule has 1 unspecified atom stereocenters. The number of amides is 1. The van der Waals surface area contributed by atoms with E-state index in [1.165, 1.54) is 24.2 Å². The lowest BCUT2D eigenvalue weighted by Crippen LogP contribution is -2.34. The molecule has 1 fully saturated rings. The number of anilines is 1. The molecule has 1 aromatic carbocycles. The van der Waals surface area contributed by atoms with Gasteiger partial charge < -0.3 is 15.4 Å². The number of aromatic nitrogens is 1. The van der Waals surface area contributed by atoms with Crippen molar-refractivity contribution in [3.63, 3.8) is 0 Å². The summed E-state index contributed by atoms with van der Waals surface area (Å²) in [5.41, 5.74) is 1.93. The second-order valence-electron chi connectivity index (χ2n) is 8.59. The fourth-order valence-corrected chi connectivity index (χ4v) is 4.92. The molecule has 1 aliphatic heterocycles. The number of hydrogen-bond acceptors (Lipinski definition) is 6. The second-order valence-corrected chi connectivity index (χ2v) is 9.51. The van der Waals surface area contributed by atoms with Crippen molar-refractivity contribution in [1.82, 2.24) is 15.6 Å². The number of pyridine rings is 1. The number of carbonyl (C=O) groups is 1. The van der Waals surface area contributed by atoms with Crippen LogP contribution in [0.25, 0.3) is 0 Å². The summed E-state index contributed by atoms with van der Waals surface area (Å²) in [5, 5.41) is 9.84. The minimum Gasteiger partial charge on any atom is -0.409 e. The summed E-state index contributed by atoms with van der Waals surface area (Å²) in [6.07, 6.45) is 6.68. The average molecular weight is 465 g/mol. The van der Waals surface area contributed by atoms with Crippen molar-refractivity contribution in [1.29, 1.82) is 0 Å². The van der Waals surface area contributed by atoms with Crippen LogP contribution >= 0.6 is 11.3 Å². The van der Waals surface area contributed by atoms with Crippen LogP contribution in [0.2, 0.25) is 0 Å². The highest BCUT2D eigenvalue weighted by atomic mass is 32.1. The van der Waals surface area contributed by atoms with Gasteiger partial charge in [0.05, 0.1) is 6.54 Å². The van der Waals surface area contributed by atoms with Gasteiger partial charge in [0.15, 0.2) is 0 Å². The lowest BCUT2D eigenvalue weighted by molar-refractivity contribution is 0.206. The van der Waals surface area contributed by atoms with Gasteiger partial charge >= 0.3 is 6.09 Å². The maximum absolute atomic E-state index is 13.2. The van der Waals surface area contributed by atoms with Crippen LogP contribution in [0.4, 0.5) is 9.80 Å². The molecule has 4 rings (SSSR count). The highest BCUT2D eigenvalue weighted by Gasteiger charge is 2.21. The SMILES string of the molecule is CC(CC1CCNCC1)NCc1cnccc1OC(=O)N(Cc1ccccc1)c1cccs1. The average Bonchev–Trinajstić information content (AvgIpc) is 3.38. The molecule has 0 aliphatic carbocycles. The van der Waals surface area contributed by atoms with E-state index >= 15 is 0 Å². The van der Waals surface area contributed by atoms with E-state index in [0.29, 0.717) is 24.9 Å². The third-order valence-corrected chi connectivity index (χ3v) is 6.91. The first-order valence-electron chi connectivity index (χ1n) is 11.6. The van der Waals surface area contributed by atoms with Crippen molar-refractivity contribution < 1.29 is 9.53 Å². The number of rotatable bonds is 9. The Hall–Kier alpha value is -2.74. The van der Waals surface area contributed by atoms with Crippen molar-refractivity contribution in [3.8, 4) is 5.75 Å². The molecule has 1 aliphatic rings. The van der Waals surface area contributed by atoms with Gasteiger partial charge in [-0.3, -0.25) is 9.88 Å². The Morgan fingerprint density at radius 1 is 1.21 bits per heavy atom. The minimum atomic E-state index is -0.392. The highest BCUT2D eigenvalue weighted by molar-refractivity contribution is 7.14.